The Balaban J connectivity index is 1.69. The maximum Gasteiger partial charge on any atom is 0.262 e. The van der Waals surface area contributed by atoms with E-state index in [0.717, 1.165) is 12.8 Å². The lowest BCUT2D eigenvalue weighted by molar-refractivity contribution is -0.118. The van der Waals surface area contributed by atoms with Crippen LogP contribution in [0.25, 0.3) is 0 Å². The first-order chi connectivity index (χ1) is 13.3. The largest absolute Gasteiger partial charge is 0.482 e. The third-order valence-corrected chi connectivity index (χ3v) is 7.06. The van der Waals surface area contributed by atoms with Gasteiger partial charge in [-0.25, -0.2) is 8.42 Å². The fourth-order valence-electron chi connectivity index (χ4n) is 2.78. The van der Waals surface area contributed by atoms with E-state index in [-0.39, 0.29) is 21.5 Å². The molecule has 0 radical (unpaired) electrons. The summed E-state index contributed by atoms with van der Waals surface area (Å²) in [5, 5.41) is 3.44. The summed E-state index contributed by atoms with van der Waals surface area (Å²) in [6.45, 7) is 0.619. The molecular weight excluding hydrogens is 447 g/mol. The first kappa shape index (κ1) is 21.2. The number of ether oxygens (including phenoxy) is 1. The topological polar surface area (TPSA) is 75.7 Å². The normalized spacial score (nSPS) is 14.8. The van der Waals surface area contributed by atoms with Gasteiger partial charge < -0.3 is 10.1 Å². The molecule has 1 saturated heterocycles. The Morgan fingerprint density at radius 1 is 1.04 bits per heavy atom. The molecular formula is C18H17Cl3N2O4S. The lowest BCUT2D eigenvalue weighted by Crippen LogP contribution is -2.28. The van der Waals surface area contributed by atoms with E-state index in [4.69, 9.17) is 39.5 Å². The molecule has 0 bridgehead atoms. The Hall–Kier alpha value is -1.51. The highest BCUT2D eigenvalue weighted by Crippen LogP contribution is 2.30. The van der Waals surface area contributed by atoms with E-state index in [9.17, 15) is 13.2 Å². The van der Waals surface area contributed by atoms with Crippen molar-refractivity contribution in [2.24, 2.45) is 0 Å². The molecule has 28 heavy (non-hydrogen) atoms. The first-order valence-corrected chi connectivity index (χ1v) is 11.0. The maximum absolute atomic E-state index is 12.7. The summed E-state index contributed by atoms with van der Waals surface area (Å²) in [6.07, 6.45) is 1.63. The van der Waals surface area contributed by atoms with E-state index in [1.807, 2.05) is 0 Å². The number of halogens is 3. The Bertz CT molecular complexity index is 992. The standard InChI is InChI=1S/C18H17Cl3N2O4S/c19-12-3-6-16(15(21)9-12)27-11-18(24)22-13-4-5-14(20)17(10-13)28(25,26)23-7-1-2-8-23/h3-6,9-10H,1-2,7-8,11H2,(H,22,24). The van der Waals surface area contributed by atoms with Gasteiger partial charge in [-0.2, -0.15) is 4.31 Å². The van der Waals surface area contributed by atoms with Crippen molar-refractivity contribution in [2.45, 2.75) is 17.7 Å². The number of hydrogen-bond donors (Lipinski definition) is 1. The summed E-state index contributed by atoms with van der Waals surface area (Å²) in [5.41, 5.74) is 0.304. The molecule has 0 aromatic heterocycles. The summed E-state index contributed by atoms with van der Waals surface area (Å²) in [4.78, 5) is 12.1. The minimum Gasteiger partial charge on any atom is -0.482 e. The van der Waals surface area contributed by atoms with Crippen LogP contribution in [0.4, 0.5) is 5.69 Å². The zero-order chi connectivity index (χ0) is 20.3. The zero-order valence-electron chi connectivity index (χ0n) is 14.6. The molecule has 0 atom stereocenters. The average Bonchev–Trinajstić information content (AvgIpc) is 3.18. The second-order valence-electron chi connectivity index (χ2n) is 6.17. The quantitative estimate of drug-likeness (QED) is 0.687. The smallest absolute Gasteiger partial charge is 0.262 e. The van der Waals surface area contributed by atoms with Crippen LogP contribution in [0.3, 0.4) is 0 Å². The Kier molecular flexibility index (Phi) is 6.73. The molecule has 1 heterocycles. The molecule has 1 amide bonds. The van der Waals surface area contributed by atoms with Crippen LogP contribution in [0, 0.1) is 0 Å². The number of sulfonamides is 1. The van der Waals surface area contributed by atoms with E-state index in [0.29, 0.717) is 29.5 Å². The number of amides is 1. The molecule has 2 aromatic rings. The van der Waals surface area contributed by atoms with Gasteiger partial charge in [-0.1, -0.05) is 34.8 Å². The second-order valence-corrected chi connectivity index (χ2v) is 9.33. The maximum atomic E-state index is 12.7. The van der Waals surface area contributed by atoms with Gasteiger partial charge in [0.1, 0.15) is 10.6 Å². The number of benzene rings is 2. The van der Waals surface area contributed by atoms with Crippen molar-refractivity contribution in [3.8, 4) is 5.75 Å². The highest BCUT2D eigenvalue weighted by Gasteiger charge is 2.29. The molecule has 3 rings (SSSR count). The van der Waals surface area contributed by atoms with E-state index in [2.05, 4.69) is 5.32 Å². The molecule has 1 aliphatic rings. The molecule has 0 unspecified atom stereocenters. The molecule has 1 N–H and O–H groups in total. The van der Waals surface area contributed by atoms with Crippen LogP contribution in [-0.4, -0.2) is 38.3 Å². The van der Waals surface area contributed by atoms with Gasteiger partial charge in [0.25, 0.3) is 5.91 Å². The SMILES string of the molecule is O=C(COc1ccc(Cl)cc1Cl)Nc1ccc(Cl)c(S(=O)(=O)N2CCCC2)c1. The Labute approximate surface area is 178 Å². The molecule has 6 nitrogen and oxygen atoms in total. The minimum atomic E-state index is -3.70. The van der Waals surface area contributed by atoms with Crippen molar-refractivity contribution in [3.05, 3.63) is 51.5 Å². The van der Waals surface area contributed by atoms with Gasteiger partial charge in [-0.15, -0.1) is 0 Å². The summed E-state index contributed by atoms with van der Waals surface area (Å²) >= 11 is 17.9. The minimum absolute atomic E-state index is 0.0319. The molecule has 1 aliphatic heterocycles. The number of carbonyl (C=O) groups is 1. The predicted molar refractivity (Wildman–Crippen MR) is 110 cm³/mol. The molecule has 10 heteroatoms. The number of anilines is 1. The average molecular weight is 464 g/mol. The van der Waals surface area contributed by atoms with Crippen molar-refractivity contribution in [1.29, 1.82) is 0 Å². The van der Waals surface area contributed by atoms with Crippen LogP contribution in [0.15, 0.2) is 41.3 Å². The van der Waals surface area contributed by atoms with Crippen molar-refractivity contribution in [1.82, 2.24) is 4.31 Å². The van der Waals surface area contributed by atoms with Crippen LogP contribution in [0.2, 0.25) is 15.1 Å². The Morgan fingerprint density at radius 3 is 2.43 bits per heavy atom. The van der Waals surface area contributed by atoms with Gasteiger partial charge in [-0.3, -0.25) is 4.79 Å². The Morgan fingerprint density at radius 2 is 1.75 bits per heavy atom. The van der Waals surface area contributed by atoms with E-state index < -0.39 is 15.9 Å². The van der Waals surface area contributed by atoms with E-state index >= 15 is 0 Å². The van der Waals surface area contributed by atoms with Crippen molar-refractivity contribution < 1.29 is 17.9 Å². The van der Waals surface area contributed by atoms with Gasteiger partial charge in [0.2, 0.25) is 10.0 Å². The summed E-state index contributed by atoms with van der Waals surface area (Å²) in [7, 11) is -3.70. The molecule has 0 spiro atoms. The number of hydrogen-bond acceptors (Lipinski definition) is 4. The third kappa shape index (κ3) is 4.90. The second kappa shape index (κ2) is 8.88. The highest BCUT2D eigenvalue weighted by molar-refractivity contribution is 7.89. The summed E-state index contributed by atoms with van der Waals surface area (Å²) in [6, 6.07) is 8.97. The lowest BCUT2D eigenvalue weighted by Gasteiger charge is -2.17. The van der Waals surface area contributed by atoms with Gasteiger partial charge in [0, 0.05) is 23.8 Å². The molecule has 150 valence electrons. The molecule has 1 fully saturated rings. The van der Waals surface area contributed by atoms with Crippen molar-refractivity contribution >= 4 is 56.4 Å². The van der Waals surface area contributed by atoms with Crippen LogP contribution in [0.1, 0.15) is 12.8 Å². The summed E-state index contributed by atoms with van der Waals surface area (Å²) in [5.74, 6) is -0.160. The monoisotopic (exact) mass is 462 g/mol. The van der Waals surface area contributed by atoms with Crippen molar-refractivity contribution in [3.63, 3.8) is 0 Å². The van der Waals surface area contributed by atoms with E-state index in [1.54, 1.807) is 12.1 Å². The predicted octanol–water partition coefficient (Wildman–Crippen LogP) is 4.45. The number of rotatable bonds is 6. The zero-order valence-corrected chi connectivity index (χ0v) is 17.7. The van der Waals surface area contributed by atoms with E-state index in [1.165, 1.54) is 28.6 Å². The van der Waals surface area contributed by atoms with Gasteiger partial charge in [-0.05, 0) is 49.2 Å². The van der Waals surface area contributed by atoms with Gasteiger partial charge >= 0.3 is 0 Å². The molecule has 0 aliphatic carbocycles. The number of carbonyl (C=O) groups excluding carboxylic acids is 1. The fourth-order valence-corrected chi connectivity index (χ4v) is 5.26. The number of nitrogens with one attached hydrogen (secondary N) is 1. The highest BCUT2D eigenvalue weighted by atomic mass is 35.5. The van der Waals surface area contributed by atoms with Crippen LogP contribution in [0.5, 0.6) is 5.75 Å². The van der Waals surface area contributed by atoms with Crippen molar-refractivity contribution in [2.75, 3.05) is 25.0 Å². The third-order valence-electron chi connectivity index (χ3n) is 4.15. The first-order valence-electron chi connectivity index (χ1n) is 8.45. The van der Waals surface area contributed by atoms with Gasteiger partial charge in [0.05, 0.1) is 10.0 Å². The van der Waals surface area contributed by atoms with Crippen LogP contribution < -0.4 is 10.1 Å². The van der Waals surface area contributed by atoms with Gasteiger partial charge in [0.15, 0.2) is 6.61 Å². The van der Waals surface area contributed by atoms with Crippen LogP contribution >= 0.6 is 34.8 Å². The molecule has 2 aromatic carbocycles. The fraction of sp³-hybridized carbons (Fsp3) is 0.278. The number of nitrogens with zero attached hydrogens (tertiary/aromatic N) is 1. The lowest BCUT2D eigenvalue weighted by atomic mass is 10.3. The van der Waals surface area contributed by atoms with Crippen LogP contribution in [-0.2, 0) is 14.8 Å². The summed E-state index contributed by atoms with van der Waals surface area (Å²) < 4.78 is 32.3. The molecule has 0 saturated carbocycles.